The van der Waals surface area contributed by atoms with E-state index >= 15 is 0 Å². The van der Waals surface area contributed by atoms with Crippen molar-refractivity contribution in [2.24, 2.45) is 5.92 Å². The second-order valence-electron chi connectivity index (χ2n) is 5.12. The molecule has 0 saturated heterocycles. The molecule has 0 spiro atoms. The molecule has 1 aliphatic carbocycles. The summed E-state index contributed by atoms with van der Waals surface area (Å²) in [5.41, 5.74) is 2.28. The molecule has 1 atom stereocenters. The number of aliphatic carboxylic acids is 1. The summed E-state index contributed by atoms with van der Waals surface area (Å²) in [6.07, 6.45) is 5.51. The number of carboxylic acids is 1. The van der Waals surface area contributed by atoms with Crippen LogP contribution in [0.3, 0.4) is 0 Å². The third kappa shape index (κ3) is 2.68. The lowest BCUT2D eigenvalue weighted by Gasteiger charge is -2.05. The summed E-state index contributed by atoms with van der Waals surface area (Å²) in [5.74, 6) is 0.262. The molecule has 1 aromatic heterocycles. The van der Waals surface area contributed by atoms with Crippen LogP contribution in [0.15, 0.2) is 0 Å². The SMILES string of the molecule is Cc1[nH]c(CC(C)C(=O)O)nc1C1CCCC1. The maximum absolute atomic E-state index is 10.8. The van der Waals surface area contributed by atoms with E-state index in [-0.39, 0.29) is 5.92 Å². The highest BCUT2D eigenvalue weighted by Gasteiger charge is 2.23. The van der Waals surface area contributed by atoms with Gasteiger partial charge in [-0.1, -0.05) is 19.8 Å². The number of nitrogens with zero attached hydrogens (tertiary/aromatic N) is 1. The van der Waals surface area contributed by atoms with Crippen LogP contribution in [0.25, 0.3) is 0 Å². The lowest BCUT2D eigenvalue weighted by Crippen LogP contribution is -2.13. The molecule has 1 aromatic rings. The van der Waals surface area contributed by atoms with Gasteiger partial charge in [0.1, 0.15) is 5.82 Å². The van der Waals surface area contributed by atoms with E-state index in [0.29, 0.717) is 12.3 Å². The standard InChI is InChI=1S/C13H20N2O2/c1-8(13(16)17)7-11-14-9(2)12(15-11)10-5-3-4-6-10/h8,10H,3-7H2,1-2H3,(H,14,15)(H,16,17). The van der Waals surface area contributed by atoms with Crippen LogP contribution in [0.1, 0.15) is 55.7 Å². The summed E-state index contributed by atoms with van der Waals surface area (Å²) in [7, 11) is 0. The number of aromatic amines is 1. The fourth-order valence-electron chi connectivity index (χ4n) is 2.61. The van der Waals surface area contributed by atoms with E-state index in [4.69, 9.17) is 5.11 Å². The van der Waals surface area contributed by atoms with Crippen LogP contribution >= 0.6 is 0 Å². The van der Waals surface area contributed by atoms with Gasteiger partial charge in [0.25, 0.3) is 0 Å². The molecule has 1 saturated carbocycles. The van der Waals surface area contributed by atoms with Gasteiger partial charge in [-0.2, -0.15) is 0 Å². The molecule has 0 bridgehead atoms. The van der Waals surface area contributed by atoms with Crippen molar-refractivity contribution in [3.8, 4) is 0 Å². The van der Waals surface area contributed by atoms with Gasteiger partial charge in [-0.25, -0.2) is 4.98 Å². The van der Waals surface area contributed by atoms with Crippen LogP contribution < -0.4 is 0 Å². The van der Waals surface area contributed by atoms with Crippen LogP contribution in [0.2, 0.25) is 0 Å². The van der Waals surface area contributed by atoms with Crippen LogP contribution in [0.4, 0.5) is 0 Å². The molecule has 94 valence electrons. The fraction of sp³-hybridized carbons (Fsp3) is 0.692. The minimum absolute atomic E-state index is 0.378. The van der Waals surface area contributed by atoms with E-state index in [2.05, 4.69) is 9.97 Å². The average Bonchev–Trinajstić information content (AvgIpc) is 2.87. The molecule has 2 rings (SSSR count). The highest BCUT2D eigenvalue weighted by molar-refractivity contribution is 5.69. The number of imidazole rings is 1. The van der Waals surface area contributed by atoms with E-state index in [0.717, 1.165) is 17.2 Å². The Hall–Kier alpha value is -1.32. The highest BCUT2D eigenvalue weighted by atomic mass is 16.4. The zero-order valence-corrected chi connectivity index (χ0v) is 10.5. The number of rotatable bonds is 4. The van der Waals surface area contributed by atoms with Crippen molar-refractivity contribution in [1.29, 1.82) is 0 Å². The Morgan fingerprint density at radius 1 is 1.53 bits per heavy atom. The number of aryl methyl sites for hydroxylation is 1. The molecule has 0 aromatic carbocycles. The van der Waals surface area contributed by atoms with Crippen molar-refractivity contribution < 1.29 is 9.90 Å². The lowest BCUT2D eigenvalue weighted by molar-refractivity contribution is -0.141. The monoisotopic (exact) mass is 236 g/mol. The van der Waals surface area contributed by atoms with Gasteiger partial charge in [0.2, 0.25) is 0 Å². The number of aromatic nitrogens is 2. The molecule has 1 unspecified atom stereocenters. The zero-order valence-electron chi connectivity index (χ0n) is 10.5. The molecule has 0 aliphatic heterocycles. The number of hydrogen-bond acceptors (Lipinski definition) is 2. The number of carboxylic acid groups (broad SMARTS) is 1. The summed E-state index contributed by atoms with van der Waals surface area (Å²) in [6.45, 7) is 3.75. The number of H-pyrrole nitrogens is 1. The van der Waals surface area contributed by atoms with Gasteiger partial charge in [0.15, 0.2) is 0 Å². The predicted molar refractivity (Wildman–Crippen MR) is 65.0 cm³/mol. The Balaban J connectivity index is 2.10. The van der Waals surface area contributed by atoms with Crippen molar-refractivity contribution >= 4 is 5.97 Å². The smallest absolute Gasteiger partial charge is 0.306 e. The van der Waals surface area contributed by atoms with E-state index in [1.54, 1.807) is 6.92 Å². The van der Waals surface area contributed by atoms with Crippen molar-refractivity contribution in [1.82, 2.24) is 9.97 Å². The molecule has 0 radical (unpaired) electrons. The molecule has 1 heterocycles. The first-order valence-corrected chi connectivity index (χ1v) is 6.36. The molecule has 4 nitrogen and oxygen atoms in total. The summed E-state index contributed by atoms with van der Waals surface area (Å²) >= 11 is 0. The highest BCUT2D eigenvalue weighted by Crippen LogP contribution is 2.34. The van der Waals surface area contributed by atoms with E-state index in [9.17, 15) is 4.79 Å². The quantitative estimate of drug-likeness (QED) is 0.844. The maximum Gasteiger partial charge on any atom is 0.306 e. The van der Waals surface area contributed by atoms with Crippen LogP contribution in [0.5, 0.6) is 0 Å². The van der Waals surface area contributed by atoms with Crippen molar-refractivity contribution in [2.45, 2.75) is 51.9 Å². The molecule has 0 amide bonds. The molecular weight excluding hydrogens is 216 g/mol. The first-order valence-electron chi connectivity index (χ1n) is 6.36. The first-order chi connectivity index (χ1) is 8.08. The third-order valence-electron chi connectivity index (χ3n) is 3.63. The van der Waals surface area contributed by atoms with Crippen molar-refractivity contribution in [3.05, 3.63) is 17.2 Å². The lowest BCUT2D eigenvalue weighted by atomic mass is 10.0. The van der Waals surface area contributed by atoms with Gasteiger partial charge in [0.05, 0.1) is 11.6 Å². The minimum Gasteiger partial charge on any atom is -0.481 e. The van der Waals surface area contributed by atoms with Gasteiger partial charge < -0.3 is 10.1 Å². The molecule has 1 fully saturated rings. The molecule has 1 aliphatic rings. The normalized spacial score (nSPS) is 18.5. The Labute approximate surface area is 101 Å². The molecule has 4 heteroatoms. The number of hydrogen-bond donors (Lipinski definition) is 2. The molecule has 2 N–H and O–H groups in total. The van der Waals surface area contributed by atoms with E-state index < -0.39 is 5.97 Å². The summed E-state index contributed by atoms with van der Waals surface area (Å²) < 4.78 is 0. The van der Waals surface area contributed by atoms with Crippen molar-refractivity contribution in [2.75, 3.05) is 0 Å². The second-order valence-corrected chi connectivity index (χ2v) is 5.12. The largest absolute Gasteiger partial charge is 0.481 e. The summed E-state index contributed by atoms with van der Waals surface area (Å²) in [6, 6.07) is 0. The van der Waals surface area contributed by atoms with Crippen molar-refractivity contribution in [3.63, 3.8) is 0 Å². The van der Waals surface area contributed by atoms with Crippen LogP contribution in [0, 0.1) is 12.8 Å². The molecular formula is C13H20N2O2. The van der Waals surface area contributed by atoms with E-state index in [1.807, 2.05) is 6.92 Å². The van der Waals surface area contributed by atoms with E-state index in [1.165, 1.54) is 25.7 Å². The van der Waals surface area contributed by atoms with Gasteiger partial charge in [-0.3, -0.25) is 4.79 Å². The second kappa shape index (κ2) is 4.90. The summed E-state index contributed by atoms with van der Waals surface area (Å²) in [4.78, 5) is 18.6. The van der Waals surface area contributed by atoms with Crippen LogP contribution in [-0.4, -0.2) is 21.0 Å². The van der Waals surface area contributed by atoms with Gasteiger partial charge in [0, 0.05) is 18.0 Å². The molecule has 17 heavy (non-hydrogen) atoms. The number of carbonyl (C=O) groups is 1. The third-order valence-corrected chi connectivity index (χ3v) is 3.63. The fourth-order valence-corrected chi connectivity index (χ4v) is 2.61. The van der Waals surface area contributed by atoms with Gasteiger partial charge in [-0.15, -0.1) is 0 Å². The average molecular weight is 236 g/mol. The van der Waals surface area contributed by atoms with Crippen LogP contribution in [-0.2, 0) is 11.2 Å². The summed E-state index contributed by atoms with van der Waals surface area (Å²) in [5, 5.41) is 8.89. The van der Waals surface area contributed by atoms with Gasteiger partial charge >= 0.3 is 5.97 Å². The number of nitrogens with one attached hydrogen (secondary N) is 1. The Morgan fingerprint density at radius 2 is 2.18 bits per heavy atom. The Morgan fingerprint density at radius 3 is 2.76 bits per heavy atom. The first kappa shape index (κ1) is 12.1. The Bertz CT molecular complexity index is 406. The minimum atomic E-state index is -0.763. The zero-order chi connectivity index (χ0) is 12.4. The predicted octanol–water partition coefficient (Wildman–Crippen LogP) is 2.64. The Kier molecular flexibility index (Phi) is 3.50. The topological polar surface area (TPSA) is 66.0 Å². The van der Waals surface area contributed by atoms with Gasteiger partial charge in [-0.05, 0) is 19.8 Å². The maximum atomic E-state index is 10.8.